The van der Waals surface area contributed by atoms with Gasteiger partial charge in [0.05, 0.1) is 0 Å². The topological polar surface area (TPSA) is 155 Å². The number of carbonyl (C=O) groups excluding carboxylic acids is 2. The summed E-state index contributed by atoms with van der Waals surface area (Å²) in [4.78, 5) is 46.6. The second kappa shape index (κ2) is 17.1. The highest BCUT2D eigenvalue weighted by Crippen LogP contribution is 2.63. The number of ether oxygens (including phenoxy) is 2. The minimum Gasteiger partial charge on any atom is -0.465 e. The number of pyridine rings is 2. The standard InChI is InChI=1S/C25H31N3O4.C13H17N3O2.2ClH/c1-24(2,3)32-23(30)28-14-12-19-20(15-28)25(19,21-11-7-8-13-26-21)17-27-22(29)31-16-18-9-5-4-6-10-18;17-12(18)16-8-13(11-3-1-2-5-15-11)9-4-6-14-7-10(9)13;;/h4-11,13,19-20H,12,14-17H2,1-3H3,(H,27,29);1-3,5,9-10,14,16H,4,6-8H2,(H,17,18);2*1H. The van der Waals surface area contributed by atoms with Gasteiger partial charge in [0.25, 0.3) is 0 Å². The van der Waals surface area contributed by atoms with Crippen molar-refractivity contribution in [2.24, 2.45) is 23.7 Å². The second-order valence-electron chi connectivity index (χ2n) is 14.7. The van der Waals surface area contributed by atoms with E-state index in [1.165, 1.54) is 0 Å². The zero-order valence-electron chi connectivity index (χ0n) is 29.8. The summed E-state index contributed by atoms with van der Waals surface area (Å²) in [6.07, 6.45) is 3.83. The fourth-order valence-electron chi connectivity index (χ4n) is 8.33. The van der Waals surface area contributed by atoms with E-state index in [4.69, 9.17) is 14.6 Å². The van der Waals surface area contributed by atoms with E-state index in [-0.39, 0.29) is 54.3 Å². The molecule has 7 rings (SSSR count). The van der Waals surface area contributed by atoms with Gasteiger partial charge in [-0.25, -0.2) is 14.4 Å². The molecule has 4 aliphatic rings. The van der Waals surface area contributed by atoms with Gasteiger partial charge in [0.2, 0.25) is 0 Å². The van der Waals surface area contributed by atoms with Crippen LogP contribution >= 0.6 is 24.8 Å². The van der Waals surface area contributed by atoms with Crippen molar-refractivity contribution in [3.8, 4) is 0 Å². The monoisotopic (exact) mass is 756 g/mol. The number of benzene rings is 1. The van der Waals surface area contributed by atoms with E-state index >= 15 is 0 Å². The number of halogens is 2. The predicted molar refractivity (Wildman–Crippen MR) is 201 cm³/mol. The highest BCUT2D eigenvalue weighted by molar-refractivity contribution is 5.85. The van der Waals surface area contributed by atoms with Crippen LogP contribution in [-0.4, -0.2) is 83.1 Å². The zero-order chi connectivity index (χ0) is 35.4. The van der Waals surface area contributed by atoms with Crippen molar-refractivity contribution in [1.82, 2.24) is 30.8 Å². The van der Waals surface area contributed by atoms with Gasteiger partial charge in [0.1, 0.15) is 12.2 Å². The number of alkyl carbamates (subject to hydrolysis) is 1. The van der Waals surface area contributed by atoms with Crippen LogP contribution in [0.25, 0.3) is 0 Å². The Hall–Kier alpha value is -4.13. The molecule has 2 aromatic heterocycles. The molecular weight excluding hydrogens is 707 g/mol. The molecule has 2 saturated heterocycles. The lowest BCUT2D eigenvalue weighted by atomic mass is 9.96. The molecule has 4 N–H and O–H groups in total. The largest absolute Gasteiger partial charge is 0.465 e. The van der Waals surface area contributed by atoms with Gasteiger partial charge < -0.3 is 35.4 Å². The van der Waals surface area contributed by atoms with Gasteiger partial charge in [0.15, 0.2) is 0 Å². The summed E-state index contributed by atoms with van der Waals surface area (Å²) >= 11 is 0. The number of hydrogen-bond donors (Lipinski definition) is 4. The molecule has 0 bridgehead atoms. The Balaban J connectivity index is 0.000000257. The quantitative estimate of drug-likeness (QED) is 0.223. The molecule has 52 heavy (non-hydrogen) atoms. The normalized spacial score (nSPS) is 26.6. The molecule has 1 aromatic carbocycles. The van der Waals surface area contributed by atoms with Gasteiger partial charge in [-0.1, -0.05) is 42.5 Å². The van der Waals surface area contributed by atoms with Crippen molar-refractivity contribution in [3.05, 3.63) is 96.1 Å². The number of carbonyl (C=O) groups is 3. The van der Waals surface area contributed by atoms with Crippen LogP contribution in [-0.2, 0) is 26.9 Å². The summed E-state index contributed by atoms with van der Waals surface area (Å²) in [5, 5.41) is 17.7. The maximum atomic E-state index is 12.6. The molecule has 12 nitrogen and oxygen atoms in total. The number of hydrogen-bond acceptors (Lipinski definition) is 8. The van der Waals surface area contributed by atoms with Gasteiger partial charge >= 0.3 is 18.3 Å². The highest BCUT2D eigenvalue weighted by atomic mass is 35.5. The number of fused-ring (bicyclic) bond motifs is 2. The van der Waals surface area contributed by atoms with Crippen LogP contribution in [0, 0.1) is 23.7 Å². The van der Waals surface area contributed by atoms with Crippen LogP contribution in [0.4, 0.5) is 14.4 Å². The summed E-state index contributed by atoms with van der Waals surface area (Å²) < 4.78 is 11.0. The third kappa shape index (κ3) is 8.90. The van der Waals surface area contributed by atoms with E-state index in [0.717, 1.165) is 42.9 Å². The van der Waals surface area contributed by atoms with Crippen molar-refractivity contribution < 1.29 is 29.0 Å². The molecule has 282 valence electrons. The number of amides is 3. The van der Waals surface area contributed by atoms with E-state index in [0.29, 0.717) is 43.9 Å². The van der Waals surface area contributed by atoms with Crippen LogP contribution in [0.1, 0.15) is 50.6 Å². The minimum atomic E-state index is -0.957. The Labute approximate surface area is 317 Å². The number of nitrogens with one attached hydrogen (secondary N) is 3. The summed E-state index contributed by atoms with van der Waals surface area (Å²) in [6, 6.07) is 21.3. The van der Waals surface area contributed by atoms with Crippen LogP contribution in [0.3, 0.4) is 0 Å². The molecule has 3 aromatic rings. The van der Waals surface area contributed by atoms with Crippen molar-refractivity contribution in [1.29, 1.82) is 0 Å². The Morgan fingerprint density at radius 3 is 2.00 bits per heavy atom. The maximum Gasteiger partial charge on any atom is 0.410 e. The van der Waals surface area contributed by atoms with E-state index in [9.17, 15) is 14.4 Å². The fourth-order valence-corrected chi connectivity index (χ4v) is 8.33. The molecule has 4 fully saturated rings. The molecule has 14 heteroatoms. The summed E-state index contributed by atoms with van der Waals surface area (Å²) in [7, 11) is 0. The van der Waals surface area contributed by atoms with Gasteiger partial charge in [-0.05, 0) is 100 Å². The van der Waals surface area contributed by atoms with Crippen molar-refractivity contribution in [2.75, 3.05) is 39.3 Å². The molecule has 0 spiro atoms. The lowest BCUT2D eigenvalue weighted by Gasteiger charge is -2.29. The van der Waals surface area contributed by atoms with Crippen LogP contribution in [0.15, 0.2) is 79.1 Å². The first kappa shape index (κ1) is 40.6. The molecular formula is C38H50Cl2N6O6. The third-order valence-corrected chi connectivity index (χ3v) is 10.7. The number of likely N-dealkylation sites (tertiary alicyclic amines) is 1. The highest BCUT2D eigenvalue weighted by Gasteiger charge is 2.68. The zero-order valence-corrected chi connectivity index (χ0v) is 31.5. The van der Waals surface area contributed by atoms with Crippen molar-refractivity contribution >= 4 is 43.1 Å². The first-order valence-corrected chi connectivity index (χ1v) is 17.5. The molecule has 2 saturated carbocycles. The summed E-state index contributed by atoms with van der Waals surface area (Å²) in [5.41, 5.74) is 1.99. The van der Waals surface area contributed by atoms with Crippen LogP contribution in [0.5, 0.6) is 0 Å². The third-order valence-electron chi connectivity index (χ3n) is 10.7. The Kier molecular flexibility index (Phi) is 13.4. The molecule has 2 aliphatic heterocycles. The fraction of sp³-hybridized carbons (Fsp3) is 0.500. The predicted octanol–water partition coefficient (Wildman–Crippen LogP) is 5.80. The van der Waals surface area contributed by atoms with Gasteiger partial charge in [-0.2, -0.15) is 0 Å². The van der Waals surface area contributed by atoms with E-state index in [2.05, 4.69) is 25.9 Å². The van der Waals surface area contributed by atoms with E-state index in [1.54, 1.807) is 17.3 Å². The van der Waals surface area contributed by atoms with Crippen molar-refractivity contribution in [3.63, 3.8) is 0 Å². The molecule has 4 heterocycles. The van der Waals surface area contributed by atoms with Gasteiger partial charge in [-0.15, -0.1) is 24.8 Å². The van der Waals surface area contributed by atoms with E-state index < -0.39 is 17.8 Å². The molecule has 0 radical (unpaired) electrons. The number of aromatic nitrogens is 2. The number of piperidine rings is 2. The first-order chi connectivity index (χ1) is 24.0. The molecule has 6 atom stereocenters. The second-order valence-corrected chi connectivity index (χ2v) is 14.7. The van der Waals surface area contributed by atoms with Gasteiger partial charge in [0, 0.05) is 60.8 Å². The lowest BCUT2D eigenvalue weighted by molar-refractivity contribution is 0.0206. The summed E-state index contributed by atoms with van der Waals surface area (Å²) in [6.45, 7) is 9.95. The number of carboxylic acid groups (broad SMARTS) is 1. The maximum absolute atomic E-state index is 12.6. The SMILES string of the molecule is CC(C)(C)OC(=O)N1CCC2C(C1)C2(CNC(=O)OCc1ccccc1)c1ccccn1.Cl.Cl.O=C(O)NCC1(c2ccccn2)C2CCNCC21. The minimum absolute atomic E-state index is 0. The Bertz CT molecular complexity index is 1620. The summed E-state index contributed by atoms with van der Waals surface area (Å²) in [5.74, 6) is 1.63. The average Bonchev–Trinajstić information content (AvgIpc) is 4.00. The van der Waals surface area contributed by atoms with Crippen LogP contribution in [0.2, 0.25) is 0 Å². The van der Waals surface area contributed by atoms with Crippen LogP contribution < -0.4 is 16.0 Å². The average molecular weight is 758 g/mol. The molecule has 2 aliphatic carbocycles. The van der Waals surface area contributed by atoms with Crippen molar-refractivity contribution in [2.45, 2.75) is 56.7 Å². The van der Waals surface area contributed by atoms with Gasteiger partial charge in [-0.3, -0.25) is 9.97 Å². The molecule has 3 amide bonds. The number of nitrogens with zero attached hydrogens (tertiary/aromatic N) is 3. The number of rotatable bonds is 8. The lowest BCUT2D eigenvalue weighted by Crippen LogP contribution is -2.41. The Morgan fingerprint density at radius 1 is 0.846 bits per heavy atom. The Morgan fingerprint density at radius 2 is 1.44 bits per heavy atom. The smallest absolute Gasteiger partial charge is 0.410 e. The molecule has 6 unspecified atom stereocenters. The first-order valence-electron chi connectivity index (χ1n) is 17.5. The van der Waals surface area contributed by atoms with E-state index in [1.807, 2.05) is 87.5 Å².